The Bertz CT molecular complexity index is 354. The summed E-state index contributed by atoms with van der Waals surface area (Å²) in [6.07, 6.45) is 8.49. The maximum Gasteiger partial charge on any atom is 0.0627 e. The molecule has 0 spiro atoms. The maximum absolute atomic E-state index is 4.67. The molecule has 1 heterocycles. The van der Waals surface area contributed by atoms with E-state index >= 15 is 0 Å². The highest BCUT2D eigenvalue weighted by Crippen LogP contribution is 2.18. The molecule has 0 amide bonds. The van der Waals surface area contributed by atoms with Crippen molar-refractivity contribution in [2.75, 3.05) is 6.54 Å². The van der Waals surface area contributed by atoms with Gasteiger partial charge in [-0.05, 0) is 51.1 Å². The van der Waals surface area contributed by atoms with Crippen LogP contribution in [0.5, 0.6) is 0 Å². The standard InChI is InChI=1S/C15H27N3/c1-4-13(3)18-9-8-15(17-18)10-12(2)11-16-14-6-5-7-14/h8-9,12-14,16H,4-7,10-11H2,1-3H3. The molecule has 18 heavy (non-hydrogen) atoms. The van der Waals surface area contributed by atoms with Crippen LogP contribution in [0.3, 0.4) is 0 Å². The van der Waals surface area contributed by atoms with Crippen molar-refractivity contribution in [2.45, 2.75) is 65.0 Å². The van der Waals surface area contributed by atoms with Crippen LogP contribution in [0.1, 0.15) is 58.2 Å². The van der Waals surface area contributed by atoms with Crippen LogP contribution >= 0.6 is 0 Å². The second-order valence-corrected chi connectivity index (χ2v) is 5.89. The van der Waals surface area contributed by atoms with Gasteiger partial charge in [-0.15, -0.1) is 0 Å². The largest absolute Gasteiger partial charge is 0.314 e. The van der Waals surface area contributed by atoms with Crippen LogP contribution in [0.4, 0.5) is 0 Å². The number of aromatic nitrogens is 2. The van der Waals surface area contributed by atoms with Gasteiger partial charge in [0.1, 0.15) is 0 Å². The van der Waals surface area contributed by atoms with Crippen LogP contribution < -0.4 is 5.32 Å². The van der Waals surface area contributed by atoms with Crippen molar-refractivity contribution in [3.8, 4) is 0 Å². The van der Waals surface area contributed by atoms with Gasteiger partial charge in [-0.2, -0.15) is 5.10 Å². The first-order valence-electron chi connectivity index (χ1n) is 7.46. The lowest BCUT2D eigenvalue weighted by Crippen LogP contribution is -2.38. The van der Waals surface area contributed by atoms with Crippen molar-refractivity contribution in [2.24, 2.45) is 5.92 Å². The van der Waals surface area contributed by atoms with Gasteiger partial charge in [-0.3, -0.25) is 4.68 Å². The second-order valence-electron chi connectivity index (χ2n) is 5.89. The first-order chi connectivity index (χ1) is 8.69. The molecule has 1 aliphatic carbocycles. The van der Waals surface area contributed by atoms with Gasteiger partial charge in [0.2, 0.25) is 0 Å². The van der Waals surface area contributed by atoms with Crippen molar-refractivity contribution in [1.29, 1.82) is 0 Å². The van der Waals surface area contributed by atoms with Crippen LogP contribution in [0.25, 0.3) is 0 Å². The van der Waals surface area contributed by atoms with Crippen LogP contribution in [0.15, 0.2) is 12.3 Å². The van der Waals surface area contributed by atoms with Crippen molar-refractivity contribution < 1.29 is 0 Å². The molecule has 1 fully saturated rings. The average Bonchev–Trinajstić information content (AvgIpc) is 2.74. The summed E-state index contributed by atoms with van der Waals surface area (Å²) >= 11 is 0. The molecular formula is C15H27N3. The molecule has 1 aromatic rings. The highest BCUT2D eigenvalue weighted by Gasteiger charge is 2.17. The third kappa shape index (κ3) is 3.58. The number of nitrogens with one attached hydrogen (secondary N) is 1. The van der Waals surface area contributed by atoms with Crippen LogP contribution in [-0.2, 0) is 6.42 Å². The molecule has 0 bridgehead atoms. The number of hydrogen-bond acceptors (Lipinski definition) is 2. The zero-order chi connectivity index (χ0) is 13.0. The Balaban J connectivity index is 1.75. The van der Waals surface area contributed by atoms with Gasteiger partial charge in [0.15, 0.2) is 0 Å². The van der Waals surface area contributed by atoms with Crippen molar-refractivity contribution >= 4 is 0 Å². The molecule has 2 rings (SSSR count). The first kappa shape index (κ1) is 13.6. The Morgan fingerprint density at radius 3 is 2.83 bits per heavy atom. The van der Waals surface area contributed by atoms with Gasteiger partial charge < -0.3 is 5.32 Å². The summed E-state index contributed by atoms with van der Waals surface area (Å²) in [5.74, 6) is 0.672. The van der Waals surface area contributed by atoms with E-state index in [1.165, 1.54) is 25.0 Å². The molecule has 3 nitrogen and oxygen atoms in total. The predicted octanol–water partition coefficient (Wildman–Crippen LogP) is 3.17. The number of hydrogen-bond donors (Lipinski definition) is 1. The third-order valence-corrected chi connectivity index (χ3v) is 4.12. The molecule has 0 radical (unpaired) electrons. The van der Waals surface area contributed by atoms with E-state index in [1.54, 1.807) is 0 Å². The average molecular weight is 249 g/mol. The summed E-state index contributed by atoms with van der Waals surface area (Å²) in [6.45, 7) is 7.87. The minimum Gasteiger partial charge on any atom is -0.314 e. The Morgan fingerprint density at radius 2 is 2.22 bits per heavy atom. The van der Waals surface area contributed by atoms with Gasteiger partial charge in [0.05, 0.1) is 5.69 Å². The van der Waals surface area contributed by atoms with Gasteiger partial charge in [-0.1, -0.05) is 20.3 Å². The summed E-state index contributed by atoms with van der Waals surface area (Å²) in [4.78, 5) is 0. The van der Waals surface area contributed by atoms with E-state index in [1.807, 2.05) is 0 Å². The van der Waals surface area contributed by atoms with E-state index in [4.69, 9.17) is 0 Å². The summed E-state index contributed by atoms with van der Waals surface area (Å²) in [6, 6.07) is 3.48. The van der Waals surface area contributed by atoms with Gasteiger partial charge in [0, 0.05) is 18.3 Å². The lowest BCUT2D eigenvalue weighted by atomic mass is 9.92. The molecule has 3 heteroatoms. The lowest BCUT2D eigenvalue weighted by molar-refractivity contribution is 0.320. The van der Waals surface area contributed by atoms with Crippen LogP contribution in [0.2, 0.25) is 0 Å². The third-order valence-electron chi connectivity index (χ3n) is 4.12. The monoisotopic (exact) mass is 249 g/mol. The number of rotatable bonds is 7. The Labute approximate surface area is 111 Å². The predicted molar refractivity (Wildman–Crippen MR) is 75.7 cm³/mol. The smallest absolute Gasteiger partial charge is 0.0627 e. The zero-order valence-electron chi connectivity index (χ0n) is 12.0. The topological polar surface area (TPSA) is 29.9 Å². The van der Waals surface area contributed by atoms with Gasteiger partial charge in [-0.25, -0.2) is 0 Å². The Kier molecular flexibility index (Phi) is 4.81. The highest BCUT2D eigenvalue weighted by molar-refractivity contribution is 5.01. The zero-order valence-corrected chi connectivity index (χ0v) is 12.0. The fraction of sp³-hybridized carbons (Fsp3) is 0.800. The van der Waals surface area contributed by atoms with E-state index in [9.17, 15) is 0 Å². The highest BCUT2D eigenvalue weighted by atomic mass is 15.3. The molecule has 2 unspecified atom stereocenters. The van der Waals surface area contributed by atoms with E-state index in [2.05, 4.69) is 48.1 Å². The summed E-state index contributed by atoms with van der Waals surface area (Å²) in [5.41, 5.74) is 1.23. The Hall–Kier alpha value is -0.830. The molecule has 1 aromatic heterocycles. The quantitative estimate of drug-likeness (QED) is 0.804. The van der Waals surface area contributed by atoms with E-state index in [-0.39, 0.29) is 0 Å². The fourth-order valence-electron chi connectivity index (χ4n) is 2.33. The van der Waals surface area contributed by atoms with Crippen LogP contribution in [0, 0.1) is 5.92 Å². The summed E-state index contributed by atoms with van der Waals surface area (Å²) in [7, 11) is 0. The maximum atomic E-state index is 4.67. The molecule has 1 N–H and O–H groups in total. The van der Waals surface area contributed by atoms with Crippen molar-refractivity contribution in [3.63, 3.8) is 0 Å². The summed E-state index contributed by atoms with van der Waals surface area (Å²) in [5, 5.41) is 8.32. The minimum absolute atomic E-state index is 0.516. The molecule has 0 saturated heterocycles. The number of nitrogens with zero attached hydrogens (tertiary/aromatic N) is 2. The molecule has 1 aliphatic rings. The first-order valence-corrected chi connectivity index (χ1v) is 7.46. The summed E-state index contributed by atoms with van der Waals surface area (Å²) < 4.78 is 2.10. The fourth-order valence-corrected chi connectivity index (χ4v) is 2.33. The van der Waals surface area contributed by atoms with Gasteiger partial charge in [0.25, 0.3) is 0 Å². The van der Waals surface area contributed by atoms with E-state index in [0.29, 0.717) is 12.0 Å². The SMILES string of the molecule is CCC(C)n1ccc(CC(C)CNC2CCC2)n1. The second kappa shape index (κ2) is 6.37. The Morgan fingerprint density at radius 1 is 1.44 bits per heavy atom. The lowest BCUT2D eigenvalue weighted by Gasteiger charge is -2.27. The molecule has 2 atom stereocenters. The molecule has 0 aliphatic heterocycles. The normalized spacial score (nSPS) is 19.5. The van der Waals surface area contributed by atoms with Crippen molar-refractivity contribution in [3.05, 3.63) is 18.0 Å². The molecular weight excluding hydrogens is 222 g/mol. The molecule has 1 saturated carbocycles. The van der Waals surface area contributed by atoms with E-state index in [0.717, 1.165) is 25.4 Å². The van der Waals surface area contributed by atoms with E-state index < -0.39 is 0 Å². The minimum atomic E-state index is 0.516. The molecule has 0 aromatic carbocycles. The van der Waals surface area contributed by atoms with Crippen molar-refractivity contribution in [1.82, 2.24) is 15.1 Å². The van der Waals surface area contributed by atoms with Crippen LogP contribution in [-0.4, -0.2) is 22.4 Å². The van der Waals surface area contributed by atoms with Gasteiger partial charge >= 0.3 is 0 Å². The molecule has 102 valence electrons.